The predicted octanol–water partition coefficient (Wildman–Crippen LogP) is 2.40. The molecule has 1 aromatic carbocycles. The number of nitrogens with two attached hydrogens (primary N) is 1. The van der Waals surface area contributed by atoms with Crippen molar-refractivity contribution in [2.45, 2.75) is 31.5 Å². The van der Waals surface area contributed by atoms with Crippen LogP contribution < -0.4 is 5.73 Å². The van der Waals surface area contributed by atoms with Crippen LogP contribution in [0.25, 0.3) is 16.8 Å². The number of hydrogen-bond donors (Lipinski definition) is 1. The topological polar surface area (TPSA) is 76.5 Å². The molecule has 27 heavy (non-hydrogen) atoms. The summed E-state index contributed by atoms with van der Waals surface area (Å²) in [5.74, 6) is -0.324. The third-order valence-corrected chi connectivity index (χ3v) is 5.33. The second-order valence-electron chi connectivity index (χ2n) is 7.12. The SMILES string of the molecule is C[C@@H](c1ccc(-c2ccc3nncn3c2)cc1)C(N)C(=O)N1CC[C@H](F)C1. The number of nitrogens with zero attached hydrogens (tertiary/aromatic N) is 4. The maximum atomic E-state index is 13.4. The van der Waals surface area contributed by atoms with E-state index in [-0.39, 0.29) is 18.4 Å². The standard InChI is InChI=1S/C20H22FN5O/c1-13(19(22)20(27)25-9-8-17(21)11-25)14-2-4-15(5-3-14)16-6-7-18-24-23-12-26(18)10-16/h2-7,10,12-13,17,19H,8-9,11,22H2,1H3/t13-,17-,19?/m0/s1. The summed E-state index contributed by atoms with van der Waals surface area (Å²) in [4.78, 5) is 14.0. The van der Waals surface area contributed by atoms with Crippen LogP contribution in [0.3, 0.4) is 0 Å². The third-order valence-electron chi connectivity index (χ3n) is 5.33. The molecule has 7 heteroatoms. The minimum Gasteiger partial charge on any atom is -0.338 e. The molecule has 2 aromatic heterocycles. The van der Waals surface area contributed by atoms with Gasteiger partial charge in [0.15, 0.2) is 5.65 Å². The molecule has 1 aliphatic rings. The van der Waals surface area contributed by atoms with Crippen molar-refractivity contribution in [2.75, 3.05) is 13.1 Å². The van der Waals surface area contributed by atoms with Gasteiger partial charge in [0.25, 0.3) is 0 Å². The largest absolute Gasteiger partial charge is 0.338 e. The van der Waals surface area contributed by atoms with Crippen molar-refractivity contribution < 1.29 is 9.18 Å². The Morgan fingerprint density at radius 1 is 1.22 bits per heavy atom. The first-order valence-corrected chi connectivity index (χ1v) is 9.11. The van der Waals surface area contributed by atoms with Crippen LogP contribution in [0.15, 0.2) is 48.9 Å². The molecule has 1 saturated heterocycles. The molecule has 4 rings (SSSR count). The fourth-order valence-electron chi connectivity index (χ4n) is 3.53. The molecule has 0 saturated carbocycles. The number of hydrogen-bond acceptors (Lipinski definition) is 4. The van der Waals surface area contributed by atoms with Gasteiger partial charge in [0, 0.05) is 18.7 Å². The zero-order valence-corrected chi connectivity index (χ0v) is 15.1. The minimum atomic E-state index is -0.932. The van der Waals surface area contributed by atoms with E-state index in [1.807, 2.05) is 53.9 Å². The van der Waals surface area contributed by atoms with Crippen LogP contribution in [0.1, 0.15) is 24.8 Å². The van der Waals surface area contributed by atoms with Crippen molar-refractivity contribution in [3.8, 4) is 11.1 Å². The number of pyridine rings is 1. The normalized spacial score (nSPS) is 19.4. The fourth-order valence-corrected chi connectivity index (χ4v) is 3.53. The van der Waals surface area contributed by atoms with Crippen molar-refractivity contribution in [3.63, 3.8) is 0 Å². The van der Waals surface area contributed by atoms with Crippen LogP contribution >= 0.6 is 0 Å². The van der Waals surface area contributed by atoms with Gasteiger partial charge in [-0.15, -0.1) is 10.2 Å². The first-order valence-electron chi connectivity index (χ1n) is 9.11. The number of alkyl halides is 1. The van der Waals surface area contributed by atoms with E-state index in [0.717, 1.165) is 22.3 Å². The summed E-state index contributed by atoms with van der Waals surface area (Å²) >= 11 is 0. The average Bonchev–Trinajstić information content (AvgIpc) is 3.34. The first kappa shape index (κ1) is 17.6. The Balaban J connectivity index is 1.50. The Labute approximate surface area is 156 Å². The van der Waals surface area contributed by atoms with Gasteiger partial charge >= 0.3 is 0 Å². The zero-order valence-electron chi connectivity index (χ0n) is 15.1. The number of aromatic nitrogens is 3. The van der Waals surface area contributed by atoms with E-state index in [2.05, 4.69) is 10.2 Å². The van der Waals surface area contributed by atoms with Crippen molar-refractivity contribution in [2.24, 2.45) is 5.73 Å². The van der Waals surface area contributed by atoms with Crippen molar-refractivity contribution in [3.05, 3.63) is 54.5 Å². The van der Waals surface area contributed by atoms with Crippen LogP contribution in [0.5, 0.6) is 0 Å². The Kier molecular flexibility index (Phi) is 4.61. The molecule has 3 heterocycles. The molecule has 3 aromatic rings. The van der Waals surface area contributed by atoms with E-state index in [1.54, 1.807) is 6.33 Å². The highest BCUT2D eigenvalue weighted by molar-refractivity contribution is 5.83. The molecule has 0 radical (unpaired) electrons. The number of fused-ring (bicyclic) bond motifs is 1. The number of rotatable bonds is 4. The van der Waals surface area contributed by atoms with Crippen LogP contribution in [-0.4, -0.2) is 50.7 Å². The van der Waals surface area contributed by atoms with E-state index in [1.165, 1.54) is 4.90 Å². The molecule has 1 amide bonds. The Morgan fingerprint density at radius 3 is 2.67 bits per heavy atom. The van der Waals surface area contributed by atoms with Crippen molar-refractivity contribution >= 4 is 11.6 Å². The lowest BCUT2D eigenvalue weighted by Crippen LogP contribution is -2.45. The van der Waals surface area contributed by atoms with Crippen LogP contribution in [0.2, 0.25) is 0 Å². The molecule has 0 aliphatic carbocycles. The van der Waals surface area contributed by atoms with Crippen LogP contribution in [0, 0.1) is 0 Å². The number of likely N-dealkylation sites (tertiary alicyclic amines) is 1. The molecule has 1 aliphatic heterocycles. The number of carbonyl (C=O) groups is 1. The maximum Gasteiger partial charge on any atom is 0.240 e. The van der Waals surface area contributed by atoms with E-state index in [4.69, 9.17) is 5.73 Å². The Bertz CT molecular complexity index is 954. The first-order chi connectivity index (χ1) is 13.0. The maximum absolute atomic E-state index is 13.4. The fraction of sp³-hybridized carbons (Fsp3) is 0.350. The third kappa shape index (κ3) is 3.42. The summed E-state index contributed by atoms with van der Waals surface area (Å²) < 4.78 is 15.2. The molecule has 2 N–H and O–H groups in total. The van der Waals surface area contributed by atoms with Gasteiger partial charge in [-0.3, -0.25) is 9.20 Å². The van der Waals surface area contributed by atoms with E-state index >= 15 is 0 Å². The number of halogens is 1. The molecule has 140 valence electrons. The lowest BCUT2D eigenvalue weighted by atomic mass is 9.91. The molecule has 1 fully saturated rings. The van der Waals surface area contributed by atoms with Gasteiger partial charge in [-0.1, -0.05) is 31.2 Å². The molecule has 0 spiro atoms. The van der Waals surface area contributed by atoms with Gasteiger partial charge in [-0.05, 0) is 35.2 Å². The molecular formula is C20H22FN5O. The van der Waals surface area contributed by atoms with Gasteiger partial charge in [0.1, 0.15) is 12.5 Å². The quantitative estimate of drug-likeness (QED) is 0.768. The van der Waals surface area contributed by atoms with E-state index in [0.29, 0.717) is 13.0 Å². The summed E-state index contributed by atoms with van der Waals surface area (Å²) in [7, 11) is 0. The number of carbonyl (C=O) groups excluding carboxylic acids is 1. The van der Waals surface area contributed by atoms with E-state index < -0.39 is 12.2 Å². The lowest BCUT2D eigenvalue weighted by molar-refractivity contribution is -0.132. The number of amides is 1. The Morgan fingerprint density at radius 2 is 1.96 bits per heavy atom. The highest BCUT2D eigenvalue weighted by Gasteiger charge is 2.32. The van der Waals surface area contributed by atoms with Crippen LogP contribution in [-0.2, 0) is 4.79 Å². The summed E-state index contributed by atoms with van der Waals surface area (Å²) in [5.41, 5.74) is 10.1. The summed E-state index contributed by atoms with van der Waals surface area (Å²) in [6.45, 7) is 2.54. The van der Waals surface area contributed by atoms with Crippen molar-refractivity contribution in [1.82, 2.24) is 19.5 Å². The van der Waals surface area contributed by atoms with E-state index in [9.17, 15) is 9.18 Å². The zero-order chi connectivity index (χ0) is 19.0. The summed E-state index contributed by atoms with van der Waals surface area (Å²) in [6, 6.07) is 11.3. The minimum absolute atomic E-state index is 0.148. The molecular weight excluding hydrogens is 345 g/mol. The van der Waals surface area contributed by atoms with Gasteiger partial charge in [0.05, 0.1) is 12.6 Å². The van der Waals surface area contributed by atoms with Crippen molar-refractivity contribution in [1.29, 1.82) is 0 Å². The van der Waals surface area contributed by atoms with Gasteiger partial charge < -0.3 is 10.6 Å². The highest BCUT2D eigenvalue weighted by Crippen LogP contribution is 2.25. The second kappa shape index (κ2) is 7.08. The molecule has 3 atom stereocenters. The molecule has 1 unspecified atom stereocenters. The number of benzene rings is 1. The smallest absolute Gasteiger partial charge is 0.240 e. The monoisotopic (exact) mass is 367 g/mol. The van der Waals surface area contributed by atoms with Crippen LogP contribution in [0.4, 0.5) is 4.39 Å². The van der Waals surface area contributed by atoms with Gasteiger partial charge in [-0.2, -0.15) is 0 Å². The van der Waals surface area contributed by atoms with Gasteiger partial charge in [0.2, 0.25) is 5.91 Å². The Hall–Kier alpha value is -2.80. The second-order valence-corrected chi connectivity index (χ2v) is 7.12. The molecule has 6 nitrogen and oxygen atoms in total. The molecule has 0 bridgehead atoms. The predicted molar refractivity (Wildman–Crippen MR) is 101 cm³/mol. The summed E-state index contributed by atoms with van der Waals surface area (Å²) in [6.07, 6.45) is 3.11. The van der Waals surface area contributed by atoms with Gasteiger partial charge in [-0.25, -0.2) is 4.39 Å². The lowest BCUT2D eigenvalue weighted by Gasteiger charge is -2.25. The average molecular weight is 367 g/mol. The summed E-state index contributed by atoms with van der Waals surface area (Å²) in [5, 5.41) is 7.89. The highest BCUT2D eigenvalue weighted by atomic mass is 19.1.